The molecule has 0 spiro atoms. The summed E-state index contributed by atoms with van der Waals surface area (Å²) in [6, 6.07) is 26.9. The van der Waals surface area contributed by atoms with Crippen LogP contribution in [0.2, 0.25) is 0 Å². The molecule has 158 valence electrons. The van der Waals surface area contributed by atoms with E-state index in [9.17, 15) is 14.0 Å². The van der Waals surface area contributed by atoms with Crippen LogP contribution < -0.4 is 10.2 Å². The predicted octanol–water partition coefficient (Wildman–Crippen LogP) is 6.01. The molecule has 4 nitrogen and oxygen atoms in total. The first-order valence-electron chi connectivity index (χ1n) is 10.2. The Balaban J connectivity index is 1.43. The lowest BCUT2D eigenvalue weighted by atomic mass is 10.0. The molecule has 1 N–H and O–H groups in total. The molecule has 1 aliphatic heterocycles. The number of benzene rings is 4. The van der Waals surface area contributed by atoms with E-state index >= 15 is 0 Å². The van der Waals surface area contributed by atoms with Crippen molar-refractivity contribution in [2.45, 2.75) is 5.37 Å². The van der Waals surface area contributed by atoms with Gasteiger partial charge in [0.25, 0.3) is 5.91 Å². The van der Waals surface area contributed by atoms with E-state index in [1.54, 1.807) is 23.1 Å². The molecule has 0 aromatic heterocycles. The van der Waals surface area contributed by atoms with Crippen LogP contribution in [0.5, 0.6) is 0 Å². The molecule has 5 rings (SSSR count). The van der Waals surface area contributed by atoms with Crippen LogP contribution in [0.3, 0.4) is 0 Å². The fraction of sp³-hybridized carbons (Fsp3) is 0.0769. The van der Waals surface area contributed by atoms with Crippen LogP contribution in [0.4, 0.5) is 15.8 Å². The molecule has 4 aromatic rings. The second-order valence-electron chi connectivity index (χ2n) is 7.51. The first-order valence-corrected chi connectivity index (χ1v) is 11.2. The zero-order valence-electron chi connectivity index (χ0n) is 17.0. The number of carbonyl (C=O) groups is 2. The van der Waals surface area contributed by atoms with Crippen molar-refractivity contribution in [3.63, 3.8) is 0 Å². The molecule has 4 aromatic carbocycles. The third-order valence-corrected chi connectivity index (χ3v) is 6.63. The summed E-state index contributed by atoms with van der Waals surface area (Å²) in [7, 11) is 0. The van der Waals surface area contributed by atoms with Gasteiger partial charge >= 0.3 is 0 Å². The van der Waals surface area contributed by atoms with Gasteiger partial charge in [-0.2, -0.15) is 0 Å². The number of hydrogen-bond acceptors (Lipinski definition) is 3. The van der Waals surface area contributed by atoms with E-state index < -0.39 is 0 Å². The number of halogens is 1. The molecular formula is C26H19FN2O2S. The van der Waals surface area contributed by atoms with Crippen molar-refractivity contribution in [1.82, 2.24) is 0 Å². The van der Waals surface area contributed by atoms with Crippen molar-refractivity contribution in [2.75, 3.05) is 16.0 Å². The van der Waals surface area contributed by atoms with Gasteiger partial charge in [-0.25, -0.2) is 4.39 Å². The Hall–Kier alpha value is -3.64. The number of hydrogen-bond donors (Lipinski definition) is 1. The predicted molar refractivity (Wildman–Crippen MR) is 127 cm³/mol. The highest BCUT2D eigenvalue weighted by atomic mass is 32.2. The van der Waals surface area contributed by atoms with Gasteiger partial charge in [-0.1, -0.05) is 54.6 Å². The van der Waals surface area contributed by atoms with Crippen LogP contribution in [0.1, 0.15) is 21.3 Å². The summed E-state index contributed by atoms with van der Waals surface area (Å²) < 4.78 is 13.8. The third kappa shape index (κ3) is 3.85. The fourth-order valence-electron chi connectivity index (χ4n) is 3.97. The standard InChI is InChI=1S/C26H19FN2O2S/c27-19-9-5-11-21(15-19)29-24(30)16-32-26(29)18-8-3-10-20(14-18)28-25(31)23-13-4-7-17-6-1-2-12-22(17)23/h1-15,26H,16H2,(H,28,31)/t26-/m0/s1. The van der Waals surface area contributed by atoms with Crippen molar-refractivity contribution in [2.24, 2.45) is 0 Å². The Morgan fingerprint density at radius 1 is 0.938 bits per heavy atom. The van der Waals surface area contributed by atoms with E-state index in [-0.39, 0.29) is 23.0 Å². The molecule has 1 heterocycles. The van der Waals surface area contributed by atoms with E-state index in [1.807, 2.05) is 60.7 Å². The Morgan fingerprint density at radius 3 is 2.59 bits per heavy atom. The van der Waals surface area contributed by atoms with E-state index in [4.69, 9.17) is 0 Å². The van der Waals surface area contributed by atoms with E-state index in [0.29, 0.717) is 22.7 Å². The normalized spacial score (nSPS) is 15.8. The van der Waals surface area contributed by atoms with Crippen LogP contribution in [0.25, 0.3) is 10.8 Å². The lowest BCUT2D eigenvalue weighted by molar-refractivity contribution is -0.115. The highest BCUT2D eigenvalue weighted by molar-refractivity contribution is 8.00. The van der Waals surface area contributed by atoms with E-state index in [0.717, 1.165) is 16.3 Å². The summed E-state index contributed by atoms with van der Waals surface area (Å²) in [5.41, 5.74) is 2.62. The van der Waals surface area contributed by atoms with Crippen molar-refractivity contribution in [3.05, 3.63) is 108 Å². The molecule has 1 atom stereocenters. The van der Waals surface area contributed by atoms with Gasteiger partial charge in [-0.05, 0) is 52.7 Å². The lowest BCUT2D eigenvalue weighted by Gasteiger charge is -2.24. The average molecular weight is 443 g/mol. The second kappa shape index (κ2) is 8.48. The third-order valence-electron chi connectivity index (χ3n) is 5.42. The van der Waals surface area contributed by atoms with Crippen LogP contribution in [0, 0.1) is 5.82 Å². The van der Waals surface area contributed by atoms with Gasteiger partial charge in [-0.3, -0.25) is 14.5 Å². The minimum Gasteiger partial charge on any atom is -0.322 e. The van der Waals surface area contributed by atoms with E-state index in [1.165, 1.54) is 23.9 Å². The Kier molecular flexibility index (Phi) is 5.37. The van der Waals surface area contributed by atoms with Crippen LogP contribution in [-0.4, -0.2) is 17.6 Å². The molecule has 0 bridgehead atoms. The molecule has 0 unspecified atom stereocenters. The summed E-state index contributed by atoms with van der Waals surface area (Å²) in [4.78, 5) is 27.2. The van der Waals surface area contributed by atoms with Crippen molar-refractivity contribution < 1.29 is 14.0 Å². The molecule has 1 saturated heterocycles. The number of nitrogens with zero attached hydrogens (tertiary/aromatic N) is 1. The number of thioether (sulfide) groups is 1. The SMILES string of the molecule is O=C(Nc1cccc([C@@H]2SCC(=O)N2c2cccc(F)c2)c1)c1cccc2ccccc12. The minimum atomic E-state index is -0.387. The van der Waals surface area contributed by atoms with Crippen LogP contribution >= 0.6 is 11.8 Å². The molecule has 1 aliphatic rings. The molecule has 0 radical (unpaired) electrons. The molecule has 32 heavy (non-hydrogen) atoms. The van der Waals surface area contributed by atoms with Gasteiger partial charge in [0.15, 0.2) is 0 Å². The molecular weight excluding hydrogens is 423 g/mol. The summed E-state index contributed by atoms with van der Waals surface area (Å²) >= 11 is 1.48. The lowest BCUT2D eigenvalue weighted by Crippen LogP contribution is -2.27. The van der Waals surface area contributed by atoms with Gasteiger partial charge < -0.3 is 5.32 Å². The minimum absolute atomic E-state index is 0.0733. The highest BCUT2D eigenvalue weighted by Crippen LogP contribution is 2.42. The Labute approximate surface area is 189 Å². The molecule has 0 aliphatic carbocycles. The molecule has 0 saturated carbocycles. The summed E-state index contributed by atoms with van der Waals surface area (Å²) in [5.74, 6) is -0.345. The number of rotatable bonds is 4. The number of fused-ring (bicyclic) bond motifs is 1. The monoisotopic (exact) mass is 442 g/mol. The van der Waals surface area contributed by atoms with Crippen LogP contribution in [0.15, 0.2) is 91.0 Å². The van der Waals surface area contributed by atoms with Gasteiger partial charge in [-0.15, -0.1) is 11.8 Å². The molecule has 1 fully saturated rings. The summed E-state index contributed by atoms with van der Waals surface area (Å²) in [5, 5.41) is 4.57. The summed E-state index contributed by atoms with van der Waals surface area (Å²) in [6.07, 6.45) is 0. The Bertz CT molecular complexity index is 1330. The summed E-state index contributed by atoms with van der Waals surface area (Å²) in [6.45, 7) is 0. The zero-order valence-corrected chi connectivity index (χ0v) is 17.8. The zero-order chi connectivity index (χ0) is 22.1. The number of nitrogens with one attached hydrogen (secondary N) is 1. The van der Waals surface area contributed by atoms with Crippen molar-refractivity contribution >= 4 is 45.7 Å². The maximum atomic E-state index is 13.8. The van der Waals surface area contributed by atoms with Crippen molar-refractivity contribution in [3.8, 4) is 0 Å². The first-order chi connectivity index (χ1) is 15.6. The van der Waals surface area contributed by atoms with E-state index in [2.05, 4.69) is 5.32 Å². The topological polar surface area (TPSA) is 49.4 Å². The number of anilines is 2. The van der Waals surface area contributed by atoms with Gasteiger partial charge in [0.05, 0.1) is 5.75 Å². The maximum Gasteiger partial charge on any atom is 0.256 e. The largest absolute Gasteiger partial charge is 0.322 e. The average Bonchev–Trinajstić information content (AvgIpc) is 3.20. The second-order valence-corrected chi connectivity index (χ2v) is 8.58. The first kappa shape index (κ1) is 20.3. The smallest absolute Gasteiger partial charge is 0.256 e. The molecule has 6 heteroatoms. The quantitative estimate of drug-likeness (QED) is 0.421. The Morgan fingerprint density at radius 2 is 1.72 bits per heavy atom. The van der Waals surface area contributed by atoms with Gasteiger partial charge in [0, 0.05) is 16.9 Å². The number of carbonyl (C=O) groups excluding carboxylic acids is 2. The molecule has 2 amide bonds. The van der Waals surface area contributed by atoms with Crippen molar-refractivity contribution in [1.29, 1.82) is 0 Å². The van der Waals surface area contributed by atoms with Crippen LogP contribution in [-0.2, 0) is 4.79 Å². The maximum absolute atomic E-state index is 13.8. The highest BCUT2D eigenvalue weighted by Gasteiger charge is 2.34. The van der Waals surface area contributed by atoms with Gasteiger partial charge in [0.1, 0.15) is 11.2 Å². The fourth-order valence-corrected chi connectivity index (χ4v) is 5.13. The number of amides is 2. The van der Waals surface area contributed by atoms with Gasteiger partial charge in [0.2, 0.25) is 5.91 Å².